The first-order valence-corrected chi connectivity index (χ1v) is 5.90. The average molecular weight is 274 g/mol. The highest BCUT2D eigenvalue weighted by Crippen LogP contribution is 2.27. The Hall–Kier alpha value is -2.56. The van der Waals surface area contributed by atoms with Crippen molar-refractivity contribution in [2.24, 2.45) is 0 Å². The molecule has 2 nitrogen and oxygen atoms in total. The van der Waals surface area contributed by atoms with Crippen LogP contribution in [0.2, 0.25) is 0 Å². The van der Waals surface area contributed by atoms with Gasteiger partial charge in [0, 0.05) is 29.0 Å². The molecule has 20 heavy (non-hydrogen) atoms. The van der Waals surface area contributed by atoms with Crippen LogP contribution in [0.4, 0.5) is 24.5 Å². The molecule has 0 unspecified atom stereocenters. The highest BCUT2D eigenvalue weighted by molar-refractivity contribution is 5.93. The number of anilines is 2. The zero-order valence-corrected chi connectivity index (χ0v) is 10.2. The summed E-state index contributed by atoms with van der Waals surface area (Å²) in [5.41, 5.74) is 1.20. The fraction of sp³-hybridized carbons (Fsp3) is 0. The van der Waals surface area contributed by atoms with Gasteiger partial charge in [-0.15, -0.1) is 0 Å². The van der Waals surface area contributed by atoms with Gasteiger partial charge in [-0.1, -0.05) is 0 Å². The highest BCUT2D eigenvalue weighted by Gasteiger charge is 2.09. The lowest BCUT2D eigenvalue weighted by Gasteiger charge is -2.10. The van der Waals surface area contributed by atoms with Crippen molar-refractivity contribution in [1.82, 2.24) is 4.98 Å². The molecular formula is C15H9F3N2. The molecule has 0 fully saturated rings. The second kappa shape index (κ2) is 4.85. The van der Waals surface area contributed by atoms with E-state index in [2.05, 4.69) is 10.3 Å². The number of pyridine rings is 1. The number of fused-ring (bicyclic) bond motifs is 1. The van der Waals surface area contributed by atoms with Gasteiger partial charge in [-0.2, -0.15) is 0 Å². The number of nitrogens with zero attached hydrogens (tertiary/aromatic N) is 1. The Labute approximate surface area is 112 Å². The molecule has 0 radical (unpaired) electrons. The van der Waals surface area contributed by atoms with E-state index in [1.165, 1.54) is 36.5 Å². The summed E-state index contributed by atoms with van der Waals surface area (Å²) in [6, 6.07) is 9.27. The van der Waals surface area contributed by atoms with E-state index in [-0.39, 0.29) is 11.3 Å². The fourth-order valence-electron chi connectivity index (χ4n) is 1.98. The quantitative estimate of drug-likeness (QED) is 0.749. The number of benzene rings is 2. The third-order valence-corrected chi connectivity index (χ3v) is 2.89. The maximum atomic E-state index is 13.6. The zero-order chi connectivity index (χ0) is 14.1. The van der Waals surface area contributed by atoms with E-state index in [4.69, 9.17) is 0 Å². The summed E-state index contributed by atoms with van der Waals surface area (Å²) < 4.78 is 39.8. The van der Waals surface area contributed by atoms with Crippen LogP contribution in [0.15, 0.2) is 48.7 Å². The minimum absolute atomic E-state index is 0.0820. The van der Waals surface area contributed by atoms with Crippen LogP contribution in [-0.2, 0) is 0 Å². The molecule has 0 bridgehead atoms. The summed E-state index contributed by atoms with van der Waals surface area (Å²) in [7, 11) is 0. The number of hydrogen-bond donors (Lipinski definition) is 1. The van der Waals surface area contributed by atoms with Gasteiger partial charge >= 0.3 is 0 Å². The van der Waals surface area contributed by atoms with Gasteiger partial charge in [0.25, 0.3) is 0 Å². The Balaban J connectivity index is 2.09. The summed E-state index contributed by atoms with van der Waals surface area (Å²) >= 11 is 0. The van der Waals surface area contributed by atoms with E-state index in [1.807, 2.05) is 0 Å². The zero-order valence-electron chi connectivity index (χ0n) is 10.2. The smallest absolute Gasteiger partial charge is 0.152 e. The maximum Gasteiger partial charge on any atom is 0.152 e. The van der Waals surface area contributed by atoms with Crippen LogP contribution >= 0.6 is 0 Å². The van der Waals surface area contributed by atoms with Crippen LogP contribution in [0.1, 0.15) is 0 Å². The molecule has 0 aliphatic rings. The van der Waals surface area contributed by atoms with Gasteiger partial charge in [-0.05, 0) is 36.4 Å². The second-order valence-electron chi connectivity index (χ2n) is 4.27. The summed E-state index contributed by atoms with van der Waals surface area (Å²) in [6.07, 6.45) is 1.43. The molecule has 3 aromatic rings. The van der Waals surface area contributed by atoms with Gasteiger partial charge in [0.15, 0.2) is 5.82 Å². The van der Waals surface area contributed by atoms with E-state index in [0.717, 1.165) is 6.07 Å². The van der Waals surface area contributed by atoms with Gasteiger partial charge in [-0.3, -0.25) is 4.98 Å². The van der Waals surface area contributed by atoms with E-state index in [0.29, 0.717) is 16.8 Å². The summed E-state index contributed by atoms with van der Waals surface area (Å²) in [6.45, 7) is 0. The minimum Gasteiger partial charge on any atom is -0.355 e. The third-order valence-electron chi connectivity index (χ3n) is 2.89. The normalized spacial score (nSPS) is 10.8. The molecule has 100 valence electrons. The van der Waals surface area contributed by atoms with Gasteiger partial charge < -0.3 is 5.32 Å². The first-order chi connectivity index (χ1) is 9.63. The topological polar surface area (TPSA) is 24.9 Å². The lowest BCUT2D eigenvalue weighted by atomic mass is 10.1. The Morgan fingerprint density at radius 2 is 1.60 bits per heavy atom. The highest BCUT2D eigenvalue weighted by atomic mass is 19.1. The van der Waals surface area contributed by atoms with Crippen molar-refractivity contribution in [3.63, 3.8) is 0 Å². The molecule has 0 aliphatic heterocycles. The molecular weight excluding hydrogens is 265 g/mol. The number of halogens is 3. The molecule has 1 N–H and O–H groups in total. The monoisotopic (exact) mass is 274 g/mol. The molecule has 0 saturated carbocycles. The first-order valence-electron chi connectivity index (χ1n) is 5.90. The first kappa shape index (κ1) is 12.5. The van der Waals surface area contributed by atoms with Gasteiger partial charge in [0.2, 0.25) is 0 Å². The summed E-state index contributed by atoms with van der Waals surface area (Å²) in [5, 5.41) is 3.32. The molecule has 3 rings (SSSR count). The number of rotatable bonds is 2. The molecule has 5 heteroatoms. The Morgan fingerprint density at radius 1 is 0.850 bits per heavy atom. The number of nitrogens with one attached hydrogen (secondary N) is 1. The maximum absolute atomic E-state index is 13.6. The van der Waals surface area contributed by atoms with Crippen LogP contribution in [0.25, 0.3) is 10.9 Å². The van der Waals surface area contributed by atoms with E-state index in [9.17, 15) is 13.2 Å². The third kappa shape index (κ3) is 2.30. The lowest BCUT2D eigenvalue weighted by molar-refractivity contribution is 0.590. The van der Waals surface area contributed by atoms with Gasteiger partial charge in [0.05, 0.1) is 0 Å². The van der Waals surface area contributed by atoms with Crippen LogP contribution in [0.3, 0.4) is 0 Å². The Morgan fingerprint density at radius 3 is 2.35 bits per heavy atom. The van der Waals surface area contributed by atoms with Crippen LogP contribution < -0.4 is 5.32 Å². The Bertz CT molecular complexity index is 770. The van der Waals surface area contributed by atoms with Crippen LogP contribution in [0.5, 0.6) is 0 Å². The lowest BCUT2D eigenvalue weighted by Crippen LogP contribution is -1.95. The van der Waals surface area contributed by atoms with E-state index in [1.54, 1.807) is 6.07 Å². The fourth-order valence-corrected chi connectivity index (χ4v) is 1.98. The molecule has 0 aliphatic carbocycles. The molecule has 0 atom stereocenters. The van der Waals surface area contributed by atoms with Crippen molar-refractivity contribution in [2.75, 3.05) is 5.32 Å². The predicted octanol–water partition coefficient (Wildman–Crippen LogP) is 4.40. The van der Waals surface area contributed by atoms with Crippen molar-refractivity contribution in [2.45, 2.75) is 0 Å². The SMILES string of the molecule is Fc1ccc(Nc2ccnc3c(F)cc(F)cc23)cc1. The van der Waals surface area contributed by atoms with E-state index < -0.39 is 11.6 Å². The van der Waals surface area contributed by atoms with Crippen molar-refractivity contribution >= 4 is 22.3 Å². The number of aromatic nitrogens is 1. The summed E-state index contributed by atoms with van der Waals surface area (Å²) in [5.74, 6) is -1.75. The molecule has 0 saturated heterocycles. The summed E-state index contributed by atoms with van der Waals surface area (Å²) in [4.78, 5) is 3.90. The van der Waals surface area contributed by atoms with Crippen LogP contribution in [-0.4, -0.2) is 4.98 Å². The Kier molecular flexibility index (Phi) is 3.02. The van der Waals surface area contributed by atoms with Crippen molar-refractivity contribution in [3.05, 3.63) is 66.1 Å². The molecule has 1 aromatic heterocycles. The van der Waals surface area contributed by atoms with Crippen molar-refractivity contribution in [1.29, 1.82) is 0 Å². The minimum atomic E-state index is -0.720. The van der Waals surface area contributed by atoms with E-state index >= 15 is 0 Å². The van der Waals surface area contributed by atoms with Crippen molar-refractivity contribution < 1.29 is 13.2 Å². The average Bonchev–Trinajstić information content (AvgIpc) is 2.42. The second-order valence-corrected chi connectivity index (χ2v) is 4.27. The largest absolute Gasteiger partial charge is 0.355 e. The molecule has 0 spiro atoms. The molecule has 1 heterocycles. The number of hydrogen-bond acceptors (Lipinski definition) is 2. The molecule has 0 amide bonds. The van der Waals surface area contributed by atoms with Gasteiger partial charge in [0.1, 0.15) is 17.2 Å². The standard InChI is InChI=1S/C15H9F3N2/c16-9-1-3-11(4-2-9)20-14-5-6-19-15-12(14)7-10(17)8-13(15)18/h1-8H,(H,19,20). The predicted molar refractivity (Wildman–Crippen MR) is 71.3 cm³/mol. The van der Waals surface area contributed by atoms with Crippen molar-refractivity contribution in [3.8, 4) is 0 Å². The van der Waals surface area contributed by atoms with Crippen LogP contribution in [0, 0.1) is 17.5 Å². The van der Waals surface area contributed by atoms with Gasteiger partial charge in [-0.25, -0.2) is 13.2 Å². The molecule has 2 aromatic carbocycles.